The molecule has 1 aliphatic heterocycles. The molecule has 4 rings (SSSR count). The van der Waals surface area contributed by atoms with Crippen LogP contribution < -0.4 is 10.2 Å². The first-order valence-corrected chi connectivity index (χ1v) is 9.56. The maximum atomic E-state index is 9.26. The van der Waals surface area contributed by atoms with Gasteiger partial charge in [-0.3, -0.25) is 0 Å². The molecule has 0 atom stereocenters. The smallest absolute Gasteiger partial charge is 0.234 e. The number of fused-ring (bicyclic) bond motifs is 1. The van der Waals surface area contributed by atoms with Gasteiger partial charge in [0.15, 0.2) is 0 Å². The number of hydrogen-bond donors (Lipinski definition) is 1. The molecule has 1 fully saturated rings. The van der Waals surface area contributed by atoms with Gasteiger partial charge in [0, 0.05) is 35.7 Å². The van der Waals surface area contributed by atoms with Crippen LogP contribution in [0.3, 0.4) is 0 Å². The second-order valence-electron chi connectivity index (χ2n) is 6.67. The highest BCUT2D eigenvalue weighted by Gasteiger charge is 2.15. The van der Waals surface area contributed by atoms with Gasteiger partial charge in [0.1, 0.15) is 11.9 Å². The zero-order valence-electron chi connectivity index (χ0n) is 15.0. The quantitative estimate of drug-likeness (QED) is 0.713. The molecule has 0 aliphatic carbocycles. The van der Waals surface area contributed by atoms with Crippen molar-refractivity contribution in [1.29, 1.82) is 5.26 Å². The van der Waals surface area contributed by atoms with Crippen LogP contribution in [0.4, 0.5) is 11.5 Å². The molecule has 0 radical (unpaired) electrons. The lowest BCUT2D eigenvalue weighted by Gasteiger charge is -2.18. The van der Waals surface area contributed by atoms with Gasteiger partial charge in [-0.25, -0.2) is 9.97 Å². The number of nitriles is 1. The molecular weight excluding hydrogens is 358 g/mol. The number of nitrogens with zero attached hydrogens (tertiary/aromatic N) is 4. The van der Waals surface area contributed by atoms with E-state index in [2.05, 4.69) is 38.4 Å². The van der Waals surface area contributed by atoms with Crippen molar-refractivity contribution in [2.24, 2.45) is 0 Å². The molecule has 1 aliphatic rings. The van der Waals surface area contributed by atoms with Crippen molar-refractivity contribution in [3.63, 3.8) is 0 Å². The zero-order chi connectivity index (χ0) is 18.6. The van der Waals surface area contributed by atoms with Gasteiger partial charge in [0.2, 0.25) is 5.82 Å². The third kappa shape index (κ3) is 3.81. The topological polar surface area (TPSA) is 64.8 Å². The number of aromatic nitrogens is 2. The van der Waals surface area contributed by atoms with Gasteiger partial charge in [0.25, 0.3) is 0 Å². The first-order chi connectivity index (χ1) is 13.2. The highest BCUT2D eigenvalue weighted by atomic mass is 35.5. The summed E-state index contributed by atoms with van der Waals surface area (Å²) < 4.78 is 0. The van der Waals surface area contributed by atoms with Gasteiger partial charge in [0.05, 0.1) is 5.52 Å². The summed E-state index contributed by atoms with van der Waals surface area (Å²) in [5.41, 5.74) is 3.05. The Morgan fingerprint density at radius 3 is 2.70 bits per heavy atom. The zero-order valence-corrected chi connectivity index (χ0v) is 15.7. The monoisotopic (exact) mass is 377 g/mol. The van der Waals surface area contributed by atoms with Crippen LogP contribution in [0.1, 0.15) is 24.2 Å². The van der Waals surface area contributed by atoms with Crippen LogP contribution in [0.25, 0.3) is 10.9 Å². The molecule has 6 heteroatoms. The molecule has 2 aromatic carbocycles. The van der Waals surface area contributed by atoms with E-state index in [1.807, 2.05) is 30.3 Å². The molecule has 0 unspecified atom stereocenters. The first-order valence-electron chi connectivity index (χ1n) is 9.19. The highest BCUT2D eigenvalue weighted by Crippen LogP contribution is 2.28. The van der Waals surface area contributed by atoms with Crippen LogP contribution in [-0.4, -0.2) is 29.6 Å². The van der Waals surface area contributed by atoms with E-state index in [1.54, 1.807) is 0 Å². The molecule has 0 amide bonds. The van der Waals surface area contributed by atoms with Crippen LogP contribution in [-0.2, 0) is 6.42 Å². The minimum absolute atomic E-state index is 0.177. The molecule has 3 aromatic rings. The molecule has 0 saturated carbocycles. The average molecular weight is 378 g/mol. The van der Waals surface area contributed by atoms with Crippen molar-refractivity contribution >= 4 is 34.0 Å². The Morgan fingerprint density at radius 2 is 1.93 bits per heavy atom. The van der Waals surface area contributed by atoms with E-state index >= 15 is 0 Å². The van der Waals surface area contributed by atoms with Crippen molar-refractivity contribution in [3.05, 3.63) is 58.9 Å². The summed E-state index contributed by atoms with van der Waals surface area (Å²) in [7, 11) is 0. The van der Waals surface area contributed by atoms with E-state index in [-0.39, 0.29) is 5.82 Å². The van der Waals surface area contributed by atoms with Crippen LogP contribution >= 0.6 is 11.6 Å². The Balaban J connectivity index is 1.61. The molecule has 27 heavy (non-hydrogen) atoms. The fraction of sp³-hybridized carbons (Fsp3) is 0.286. The standard InChI is InChI=1S/C21H20ClN5/c22-18-6-2-1-5-15(18)9-10-24-21-17-13-16(27-11-3-4-12-27)7-8-19(17)25-20(14-23)26-21/h1-2,5-8,13H,3-4,9-12H2,(H,24,25,26). The van der Waals surface area contributed by atoms with Crippen molar-refractivity contribution in [3.8, 4) is 6.07 Å². The predicted octanol–water partition coefficient (Wildman–Crippen LogP) is 4.41. The first kappa shape index (κ1) is 17.6. The Kier molecular flexibility index (Phi) is 5.08. The average Bonchev–Trinajstić information content (AvgIpc) is 3.23. The molecule has 2 heterocycles. The molecular formula is C21H20ClN5. The minimum Gasteiger partial charge on any atom is -0.372 e. The van der Waals surface area contributed by atoms with Crippen molar-refractivity contribution in [1.82, 2.24) is 9.97 Å². The maximum absolute atomic E-state index is 9.26. The summed E-state index contributed by atoms with van der Waals surface area (Å²) in [5.74, 6) is 0.876. The Hall–Kier alpha value is -2.84. The van der Waals surface area contributed by atoms with Gasteiger partial charge in [-0.1, -0.05) is 29.8 Å². The van der Waals surface area contributed by atoms with Gasteiger partial charge in [-0.2, -0.15) is 5.26 Å². The van der Waals surface area contributed by atoms with Gasteiger partial charge < -0.3 is 10.2 Å². The second-order valence-corrected chi connectivity index (χ2v) is 7.08. The minimum atomic E-state index is 0.177. The third-order valence-corrected chi connectivity index (χ3v) is 5.26. The second kappa shape index (κ2) is 7.81. The molecule has 1 saturated heterocycles. The van der Waals surface area contributed by atoms with Gasteiger partial charge >= 0.3 is 0 Å². The molecule has 0 spiro atoms. The molecule has 5 nitrogen and oxygen atoms in total. The number of halogens is 1. The van der Waals surface area contributed by atoms with Crippen molar-refractivity contribution < 1.29 is 0 Å². The SMILES string of the molecule is N#Cc1nc(NCCc2ccccc2Cl)c2cc(N3CCCC3)ccc2n1. The molecule has 136 valence electrons. The van der Waals surface area contributed by atoms with E-state index in [9.17, 15) is 5.26 Å². The maximum Gasteiger partial charge on any atom is 0.234 e. The van der Waals surface area contributed by atoms with E-state index < -0.39 is 0 Å². The molecule has 1 aromatic heterocycles. The lowest BCUT2D eigenvalue weighted by molar-refractivity contribution is 0.949. The van der Waals surface area contributed by atoms with Crippen molar-refractivity contribution in [2.45, 2.75) is 19.3 Å². The summed E-state index contributed by atoms with van der Waals surface area (Å²) >= 11 is 6.24. The van der Waals surface area contributed by atoms with E-state index in [0.717, 1.165) is 41.0 Å². The van der Waals surface area contributed by atoms with E-state index in [4.69, 9.17) is 11.6 Å². The lowest BCUT2D eigenvalue weighted by Crippen LogP contribution is -2.17. The van der Waals surface area contributed by atoms with Gasteiger partial charge in [-0.15, -0.1) is 0 Å². The molecule has 0 bridgehead atoms. The van der Waals surface area contributed by atoms with Crippen LogP contribution in [0.2, 0.25) is 5.02 Å². The lowest BCUT2D eigenvalue weighted by atomic mass is 10.1. The van der Waals surface area contributed by atoms with Crippen LogP contribution in [0.15, 0.2) is 42.5 Å². The number of hydrogen-bond acceptors (Lipinski definition) is 5. The van der Waals surface area contributed by atoms with Crippen LogP contribution in [0, 0.1) is 11.3 Å². The van der Waals surface area contributed by atoms with Crippen molar-refractivity contribution in [2.75, 3.05) is 29.9 Å². The summed E-state index contributed by atoms with van der Waals surface area (Å²) in [4.78, 5) is 11.1. The molecule has 1 N–H and O–H groups in total. The summed E-state index contributed by atoms with van der Waals surface area (Å²) in [6.45, 7) is 2.84. The largest absolute Gasteiger partial charge is 0.372 e. The Labute approximate surface area is 163 Å². The highest BCUT2D eigenvalue weighted by molar-refractivity contribution is 6.31. The number of anilines is 2. The van der Waals surface area contributed by atoms with Crippen LogP contribution in [0.5, 0.6) is 0 Å². The summed E-state index contributed by atoms with van der Waals surface area (Å²) in [6, 6.07) is 16.1. The third-order valence-electron chi connectivity index (χ3n) is 4.90. The van der Waals surface area contributed by atoms with E-state index in [1.165, 1.54) is 18.5 Å². The fourth-order valence-electron chi connectivity index (χ4n) is 3.49. The fourth-order valence-corrected chi connectivity index (χ4v) is 3.72. The number of nitrogens with one attached hydrogen (secondary N) is 1. The van der Waals surface area contributed by atoms with E-state index in [0.29, 0.717) is 12.4 Å². The predicted molar refractivity (Wildman–Crippen MR) is 109 cm³/mol. The summed E-state index contributed by atoms with van der Waals surface area (Å²) in [5, 5.41) is 14.3. The normalized spacial score (nSPS) is 13.7. The number of rotatable bonds is 5. The summed E-state index contributed by atoms with van der Waals surface area (Å²) in [6.07, 6.45) is 3.23. The Morgan fingerprint density at radius 1 is 1.11 bits per heavy atom. The number of benzene rings is 2. The van der Waals surface area contributed by atoms with Gasteiger partial charge in [-0.05, 0) is 49.1 Å². The Bertz CT molecular complexity index is 1010.